The predicted molar refractivity (Wildman–Crippen MR) is 159 cm³/mol. The van der Waals surface area contributed by atoms with E-state index in [0.29, 0.717) is 30.9 Å². The molecule has 12 heteroatoms. The Morgan fingerprint density at radius 2 is 1.79 bits per heavy atom. The number of aryl methyl sites for hydroxylation is 4. The summed E-state index contributed by atoms with van der Waals surface area (Å²) in [6.45, 7) is 4.84. The highest BCUT2D eigenvalue weighted by molar-refractivity contribution is 7.92. The lowest BCUT2D eigenvalue weighted by Gasteiger charge is -2.18. The Bertz CT molecular complexity index is 1910. The molecule has 6 rings (SSSR count). The zero-order chi connectivity index (χ0) is 29.6. The molecule has 5 aromatic rings. The number of aromatic nitrogens is 5. The Morgan fingerprint density at radius 3 is 2.50 bits per heavy atom. The molecular formula is C30H31N7O4S. The number of nitrogens with one attached hydrogen (secondary N) is 1. The van der Waals surface area contributed by atoms with Crippen LogP contribution >= 0.6 is 0 Å². The molecule has 42 heavy (non-hydrogen) atoms. The number of likely N-dealkylation sites (tertiary alicyclic amines) is 1. The van der Waals surface area contributed by atoms with Crippen LogP contribution in [0.5, 0.6) is 5.88 Å². The summed E-state index contributed by atoms with van der Waals surface area (Å²) in [7, 11) is -0.461. The Labute approximate surface area is 243 Å². The van der Waals surface area contributed by atoms with E-state index in [1.807, 2.05) is 74.0 Å². The fourth-order valence-electron chi connectivity index (χ4n) is 5.43. The van der Waals surface area contributed by atoms with Crippen molar-refractivity contribution in [3.05, 3.63) is 83.8 Å². The van der Waals surface area contributed by atoms with Crippen molar-refractivity contribution in [3.63, 3.8) is 0 Å². The minimum atomic E-state index is -3.99. The number of carbonyl (C=O) groups excluding carboxylic acids is 1. The first-order valence-electron chi connectivity index (χ1n) is 13.6. The third-order valence-electron chi connectivity index (χ3n) is 7.55. The van der Waals surface area contributed by atoms with E-state index < -0.39 is 10.0 Å². The van der Waals surface area contributed by atoms with Crippen LogP contribution in [0.2, 0.25) is 0 Å². The number of nitrogens with zero attached hydrogens (tertiary/aromatic N) is 6. The van der Waals surface area contributed by atoms with E-state index in [0.717, 1.165) is 27.6 Å². The van der Waals surface area contributed by atoms with E-state index in [9.17, 15) is 13.2 Å². The van der Waals surface area contributed by atoms with Gasteiger partial charge in [-0.1, -0.05) is 36.4 Å². The molecular weight excluding hydrogens is 554 g/mol. The number of amides is 1. The third kappa shape index (κ3) is 5.20. The molecule has 1 aliphatic heterocycles. The van der Waals surface area contributed by atoms with Gasteiger partial charge in [0.1, 0.15) is 16.7 Å². The van der Waals surface area contributed by atoms with Crippen LogP contribution in [-0.4, -0.2) is 62.7 Å². The Balaban J connectivity index is 1.28. The van der Waals surface area contributed by atoms with Gasteiger partial charge in [-0.05, 0) is 37.1 Å². The fourth-order valence-corrected chi connectivity index (χ4v) is 6.36. The lowest BCUT2D eigenvalue weighted by molar-refractivity contribution is 0.0762. The molecule has 1 N–H and O–H groups in total. The molecule has 0 spiro atoms. The summed E-state index contributed by atoms with van der Waals surface area (Å²) < 4.78 is 38.2. The molecule has 216 valence electrons. The van der Waals surface area contributed by atoms with Gasteiger partial charge in [-0.3, -0.25) is 9.48 Å². The smallest absolute Gasteiger partial charge is 0.270 e. The van der Waals surface area contributed by atoms with Crippen molar-refractivity contribution < 1.29 is 17.9 Å². The number of carbonyl (C=O) groups is 1. The summed E-state index contributed by atoms with van der Waals surface area (Å²) in [5.41, 5.74) is 4.96. The number of fused-ring (bicyclic) bond motifs is 1. The van der Waals surface area contributed by atoms with Crippen LogP contribution < -0.4 is 9.46 Å². The maximum atomic E-state index is 13.4. The molecule has 1 aliphatic rings. The van der Waals surface area contributed by atoms with Gasteiger partial charge in [0.15, 0.2) is 0 Å². The van der Waals surface area contributed by atoms with E-state index in [-0.39, 0.29) is 28.7 Å². The molecule has 0 aliphatic carbocycles. The van der Waals surface area contributed by atoms with Gasteiger partial charge in [0, 0.05) is 55.8 Å². The Kier molecular flexibility index (Phi) is 6.93. The van der Waals surface area contributed by atoms with E-state index in [1.54, 1.807) is 18.0 Å². The molecule has 11 nitrogen and oxygen atoms in total. The number of hydrogen-bond donors (Lipinski definition) is 1. The van der Waals surface area contributed by atoms with Crippen molar-refractivity contribution in [2.75, 3.05) is 17.8 Å². The lowest BCUT2D eigenvalue weighted by atomic mass is 10.00. The van der Waals surface area contributed by atoms with Crippen LogP contribution in [0, 0.1) is 13.8 Å². The van der Waals surface area contributed by atoms with E-state index in [1.165, 1.54) is 17.1 Å². The van der Waals surface area contributed by atoms with Crippen molar-refractivity contribution in [2.45, 2.75) is 31.3 Å². The second-order valence-electron chi connectivity index (χ2n) is 10.6. The zero-order valence-corrected chi connectivity index (χ0v) is 24.6. The molecule has 2 aromatic carbocycles. The second kappa shape index (κ2) is 10.6. The molecule has 4 heterocycles. The van der Waals surface area contributed by atoms with Gasteiger partial charge in [0.2, 0.25) is 11.8 Å². The number of benzene rings is 2. The SMILES string of the molecule is Cc1cccc(C)c1-c1cc(OC2CCN(C(=O)c3cc4ccccc4n3C)C2)nc(NS(=O)(=O)c2cnn(C)c2)n1. The molecule has 1 amide bonds. The van der Waals surface area contributed by atoms with Crippen LogP contribution in [0.4, 0.5) is 5.95 Å². The maximum absolute atomic E-state index is 13.4. The van der Waals surface area contributed by atoms with E-state index in [2.05, 4.69) is 19.8 Å². The number of anilines is 1. The monoisotopic (exact) mass is 585 g/mol. The highest BCUT2D eigenvalue weighted by atomic mass is 32.2. The van der Waals surface area contributed by atoms with Crippen molar-refractivity contribution >= 4 is 32.8 Å². The van der Waals surface area contributed by atoms with Crippen LogP contribution in [0.3, 0.4) is 0 Å². The summed E-state index contributed by atoms with van der Waals surface area (Å²) in [5, 5.41) is 4.97. The number of para-hydroxylation sites is 1. The highest BCUT2D eigenvalue weighted by Gasteiger charge is 2.31. The summed E-state index contributed by atoms with van der Waals surface area (Å²) in [6.07, 6.45) is 2.94. The summed E-state index contributed by atoms with van der Waals surface area (Å²) in [4.78, 5) is 24.2. The van der Waals surface area contributed by atoms with Gasteiger partial charge in [-0.2, -0.15) is 10.1 Å². The van der Waals surface area contributed by atoms with Gasteiger partial charge in [-0.15, -0.1) is 0 Å². The minimum Gasteiger partial charge on any atom is -0.472 e. The molecule has 0 radical (unpaired) electrons. The molecule has 0 bridgehead atoms. The quantitative estimate of drug-likeness (QED) is 0.305. The normalized spacial score (nSPS) is 15.3. The van der Waals surface area contributed by atoms with Crippen molar-refractivity contribution in [1.82, 2.24) is 29.2 Å². The number of sulfonamides is 1. The van der Waals surface area contributed by atoms with Crippen LogP contribution in [0.25, 0.3) is 22.2 Å². The van der Waals surface area contributed by atoms with Gasteiger partial charge in [-0.25, -0.2) is 18.1 Å². The Morgan fingerprint density at radius 1 is 1.02 bits per heavy atom. The Hall–Kier alpha value is -4.71. The minimum absolute atomic E-state index is 0.00757. The standard InChI is InChI=1S/C30H31N7O4S/c1-19-8-7-9-20(2)28(19)24-15-27(33-30(32-24)34-42(39,40)23-16-31-35(3)18-23)41-22-12-13-37(17-22)29(38)26-14-21-10-5-6-11-25(21)36(26)4/h5-11,14-16,18,22H,12-13,17H2,1-4H3,(H,32,33,34). The van der Waals surface area contributed by atoms with E-state index >= 15 is 0 Å². The van der Waals surface area contributed by atoms with E-state index in [4.69, 9.17) is 4.74 Å². The first kappa shape index (κ1) is 27.5. The third-order valence-corrected chi connectivity index (χ3v) is 8.83. The lowest BCUT2D eigenvalue weighted by Crippen LogP contribution is -2.32. The van der Waals surface area contributed by atoms with Gasteiger partial charge in [0.05, 0.1) is 18.4 Å². The van der Waals surface area contributed by atoms with Crippen molar-refractivity contribution in [2.24, 2.45) is 14.1 Å². The highest BCUT2D eigenvalue weighted by Crippen LogP contribution is 2.30. The van der Waals surface area contributed by atoms with Crippen LogP contribution in [0.15, 0.2) is 71.9 Å². The maximum Gasteiger partial charge on any atom is 0.270 e. The molecule has 1 saturated heterocycles. The van der Waals surface area contributed by atoms with Crippen molar-refractivity contribution in [3.8, 4) is 17.1 Å². The number of ether oxygens (including phenoxy) is 1. The summed E-state index contributed by atoms with van der Waals surface area (Å²) >= 11 is 0. The summed E-state index contributed by atoms with van der Waals surface area (Å²) in [6, 6.07) is 17.4. The van der Waals surface area contributed by atoms with Gasteiger partial charge in [0.25, 0.3) is 15.9 Å². The molecule has 1 atom stereocenters. The van der Waals surface area contributed by atoms with Gasteiger partial charge >= 0.3 is 0 Å². The van der Waals surface area contributed by atoms with Crippen LogP contribution in [-0.2, 0) is 24.1 Å². The van der Waals surface area contributed by atoms with Crippen LogP contribution in [0.1, 0.15) is 28.0 Å². The zero-order valence-electron chi connectivity index (χ0n) is 23.8. The first-order chi connectivity index (χ1) is 20.1. The molecule has 3 aromatic heterocycles. The van der Waals surface area contributed by atoms with Crippen molar-refractivity contribution in [1.29, 1.82) is 0 Å². The largest absolute Gasteiger partial charge is 0.472 e. The second-order valence-corrected chi connectivity index (χ2v) is 12.2. The topological polar surface area (TPSA) is 124 Å². The molecule has 1 unspecified atom stereocenters. The average Bonchev–Trinajstić information content (AvgIpc) is 3.68. The van der Waals surface area contributed by atoms with Gasteiger partial charge < -0.3 is 14.2 Å². The predicted octanol–water partition coefficient (Wildman–Crippen LogP) is 4.08. The average molecular weight is 586 g/mol. The molecule has 0 saturated carbocycles. The fraction of sp³-hybridized carbons (Fsp3) is 0.267. The number of rotatable bonds is 7. The first-order valence-corrected chi connectivity index (χ1v) is 15.0. The number of hydrogen-bond acceptors (Lipinski definition) is 7. The molecule has 1 fully saturated rings. The summed E-state index contributed by atoms with van der Waals surface area (Å²) in [5.74, 6) is 0.0366.